The molecule has 0 saturated heterocycles. The van der Waals surface area contributed by atoms with E-state index in [1.807, 2.05) is 25.1 Å². The van der Waals surface area contributed by atoms with Crippen molar-refractivity contribution in [2.24, 2.45) is 0 Å². The van der Waals surface area contributed by atoms with Gasteiger partial charge in [-0.3, -0.25) is 0 Å². The monoisotopic (exact) mass is 271 g/mol. The van der Waals surface area contributed by atoms with Crippen LogP contribution in [0.5, 0.6) is 5.75 Å². The Bertz CT molecular complexity index is 603. The summed E-state index contributed by atoms with van der Waals surface area (Å²) in [6.07, 6.45) is 2.12. The molecule has 2 aromatic carbocycles. The second-order valence-electron chi connectivity index (χ2n) is 5.56. The molecule has 0 unspecified atom stereocenters. The van der Waals surface area contributed by atoms with Crippen LogP contribution in [-0.2, 0) is 0 Å². The summed E-state index contributed by atoms with van der Waals surface area (Å²) in [7, 11) is 0. The van der Waals surface area contributed by atoms with Gasteiger partial charge in [-0.25, -0.2) is 4.39 Å². The predicted molar refractivity (Wildman–Crippen MR) is 78.6 cm³/mol. The van der Waals surface area contributed by atoms with Gasteiger partial charge in [-0.15, -0.1) is 0 Å². The maximum Gasteiger partial charge on any atom is 0.123 e. The molecule has 1 aliphatic rings. The number of aromatic hydroxyl groups is 1. The van der Waals surface area contributed by atoms with Gasteiger partial charge in [-0.2, -0.15) is 0 Å². The molecule has 3 heteroatoms. The zero-order valence-corrected chi connectivity index (χ0v) is 11.4. The fourth-order valence-corrected chi connectivity index (χ4v) is 2.77. The molecule has 0 bridgehead atoms. The molecule has 3 rings (SSSR count). The predicted octanol–water partition coefficient (Wildman–Crippen LogP) is 4.20. The average molecular weight is 271 g/mol. The number of nitrogens with one attached hydrogen (secondary N) is 1. The van der Waals surface area contributed by atoms with Gasteiger partial charge in [-0.1, -0.05) is 12.1 Å². The molecule has 2 nitrogen and oxygen atoms in total. The first-order valence-corrected chi connectivity index (χ1v) is 6.93. The first kappa shape index (κ1) is 13.0. The number of benzene rings is 2. The highest BCUT2D eigenvalue weighted by atomic mass is 19.1. The number of anilines is 1. The number of phenols is 1. The lowest BCUT2D eigenvalue weighted by atomic mass is 9.76. The second kappa shape index (κ2) is 5.16. The van der Waals surface area contributed by atoms with Crippen molar-refractivity contribution in [3.05, 3.63) is 59.4 Å². The minimum atomic E-state index is -0.178. The fourth-order valence-electron chi connectivity index (χ4n) is 2.77. The van der Waals surface area contributed by atoms with Crippen molar-refractivity contribution >= 4 is 5.69 Å². The van der Waals surface area contributed by atoms with E-state index in [4.69, 9.17) is 0 Å². The number of hydrogen-bond donors (Lipinski definition) is 2. The van der Waals surface area contributed by atoms with Crippen LogP contribution in [0.25, 0.3) is 0 Å². The lowest BCUT2D eigenvalue weighted by Gasteiger charge is -2.37. The Kier molecular flexibility index (Phi) is 3.35. The Balaban J connectivity index is 1.59. The molecule has 104 valence electrons. The smallest absolute Gasteiger partial charge is 0.123 e. The standard InChI is InChI=1S/C17H18FNO/c1-11-8-16(20)6-7-17(11)19-15-9-13(10-15)12-2-4-14(18)5-3-12/h2-8,13,15,19-20H,9-10H2,1H3. The third kappa shape index (κ3) is 2.62. The van der Waals surface area contributed by atoms with E-state index in [1.54, 1.807) is 12.1 Å². The van der Waals surface area contributed by atoms with Crippen molar-refractivity contribution in [2.75, 3.05) is 5.32 Å². The molecule has 1 saturated carbocycles. The third-order valence-corrected chi connectivity index (χ3v) is 4.05. The molecule has 0 spiro atoms. The summed E-state index contributed by atoms with van der Waals surface area (Å²) in [6.45, 7) is 1.98. The maximum atomic E-state index is 12.9. The highest BCUT2D eigenvalue weighted by molar-refractivity contribution is 5.54. The van der Waals surface area contributed by atoms with Gasteiger partial charge in [0, 0.05) is 11.7 Å². The summed E-state index contributed by atoms with van der Waals surface area (Å²) >= 11 is 0. The Morgan fingerprint density at radius 1 is 1.10 bits per heavy atom. The average Bonchev–Trinajstić information content (AvgIpc) is 2.37. The zero-order valence-electron chi connectivity index (χ0n) is 11.4. The van der Waals surface area contributed by atoms with E-state index in [0.717, 1.165) is 24.1 Å². The molecule has 0 heterocycles. The Labute approximate surface area is 118 Å². The van der Waals surface area contributed by atoms with Crippen molar-refractivity contribution in [2.45, 2.75) is 31.7 Å². The van der Waals surface area contributed by atoms with Gasteiger partial charge in [0.2, 0.25) is 0 Å². The summed E-state index contributed by atoms with van der Waals surface area (Å²) in [5.74, 6) is 0.638. The highest BCUT2D eigenvalue weighted by Gasteiger charge is 2.30. The molecule has 0 atom stereocenters. The van der Waals surface area contributed by atoms with Crippen LogP contribution in [0.3, 0.4) is 0 Å². The van der Waals surface area contributed by atoms with Crippen molar-refractivity contribution in [3.63, 3.8) is 0 Å². The number of phenolic OH excluding ortho intramolecular Hbond substituents is 1. The summed E-state index contributed by atoms with van der Waals surface area (Å²) in [6, 6.07) is 12.6. The van der Waals surface area contributed by atoms with Gasteiger partial charge in [-0.05, 0) is 67.1 Å². The van der Waals surface area contributed by atoms with Gasteiger partial charge in [0.05, 0.1) is 0 Å². The molecule has 2 N–H and O–H groups in total. The fraction of sp³-hybridized carbons (Fsp3) is 0.294. The first-order chi connectivity index (χ1) is 9.61. The molecule has 0 aromatic heterocycles. The summed E-state index contributed by atoms with van der Waals surface area (Å²) in [5, 5.41) is 12.9. The van der Waals surface area contributed by atoms with Gasteiger partial charge in [0.15, 0.2) is 0 Å². The van der Waals surface area contributed by atoms with Crippen LogP contribution in [-0.4, -0.2) is 11.1 Å². The molecule has 1 aliphatic carbocycles. The zero-order chi connectivity index (χ0) is 14.1. The molecular weight excluding hydrogens is 253 g/mol. The molecule has 1 fully saturated rings. The van der Waals surface area contributed by atoms with Crippen molar-refractivity contribution in [3.8, 4) is 5.75 Å². The summed E-state index contributed by atoms with van der Waals surface area (Å²) in [5.41, 5.74) is 3.34. The Morgan fingerprint density at radius 2 is 1.80 bits per heavy atom. The normalized spacial score (nSPS) is 21.3. The van der Waals surface area contributed by atoms with Crippen LogP contribution in [0, 0.1) is 12.7 Å². The van der Waals surface area contributed by atoms with E-state index in [0.29, 0.717) is 17.7 Å². The number of hydrogen-bond acceptors (Lipinski definition) is 2. The van der Waals surface area contributed by atoms with E-state index in [2.05, 4.69) is 5.32 Å². The minimum absolute atomic E-state index is 0.178. The van der Waals surface area contributed by atoms with E-state index in [-0.39, 0.29) is 5.82 Å². The molecule has 0 amide bonds. The summed E-state index contributed by atoms with van der Waals surface area (Å²) in [4.78, 5) is 0. The largest absolute Gasteiger partial charge is 0.508 e. The van der Waals surface area contributed by atoms with Crippen LogP contribution in [0.2, 0.25) is 0 Å². The van der Waals surface area contributed by atoms with Crippen LogP contribution < -0.4 is 5.32 Å². The van der Waals surface area contributed by atoms with Crippen molar-refractivity contribution < 1.29 is 9.50 Å². The van der Waals surface area contributed by atoms with E-state index in [1.165, 1.54) is 17.7 Å². The lowest BCUT2D eigenvalue weighted by Crippen LogP contribution is -2.34. The summed E-state index contributed by atoms with van der Waals surface area (Å²) < 4.78 is 12.9. The quantitative estimate of drug-likeness (QED) is 0.820. The minimum Gasteiger partial charge on any atom is -0.508 e. The van der Waals surface area contributed by atoms with Crippen LogP contribution >= 0.6 is 0 Å². The van der Waals surface area contributed by atoms with Crippen LogP contribution in [0.1, 0.15) is 29.9 Å². The number of rotatable bonds is 3. The van der Waals surface area contributed by atoms with E-state index >= 15 is 0 Å². The number of aryl methyl sites for hydroxylation is 1. The SMILES string of the molecule is Cc1cc(O)ccc1NC1CC(c2ccc(F)cc2)C1. The van der Waals surface area contributed by atoms with Crippen LogP contribution in [0.4, 0.5) is 10.1 Å². The van der Waals surface area contributed by atoms with Gasteiger partial charge < -0.3 is 10.4 Å². The third-order valence-electron chi connectivity index (χ3n) is 4.05. The molecule has 20 heavy (non-hydrogen) atoms. The maximum absolute atomic E-state index is 12.9. The van der Waals surface area contributed by atoms with Crippen LogP contribution in [0.15, 0.2) is 42.5 Å². The van der Waals surface area contributed by atoms with Crippen molar-refractivity contribution in [1.82, 2.24) is 0 Å². The molecule has 2 aromatic rings. The van der Waals surface area contributed by atoms with Crippen molar-refractivity contribution in [1.29, 1.82) is 0 Å². The first-order valence-electron chi connectivity index (χ1n) is 6.93. The highest BCUT2D eigenvalue weighted by Crippen LogP contribution is 2.39. The topological polar surface area (TPSA) is 32.3 Å². The Morgan fingerprint density at radius 3 is 2.45 bits per heavy atom. The molecule has 0 radical (unpaired) electrons. The lowest BCUT2D eigenvalue weighted by molar-refractivity contribution is 0.373. The second-order valence-corrected chi connectivity index (χ2v) is 5.56. The van der Waals surface area contributed by atoms with Gasteiger partial charge in [0.1, 0.15) is 11.6 Å². The van der Waals surface area contributed by atoms with E-state index in [9.17, 15) is 9.50 Å². The number of halogens is 1. The molecular formula is C17H18FNO. The Hall–Kier alpha value is -2.03. The molecule has 0 aliphatic heterocycles. The van der Waals surface area contributed by atoms with Gasteiger partial charge >= 0.3 is 0 Å². The van der Waals surface area contributed by atoms with E-state index < -0.39 is 0 Å². The van der Waals surface area contributed by atoms with Gasteiger partial charge in [0.25, 0.3) is 0 Å².